The van der Waals surface area contributed by atoms with Gasteiger partial charge in [-0.15, -0.1) is 11.3 Å². The third-order valence-electron chi connectivity index (χ3n) is 6.82. The first-order valence-corrected chi connectivity index (χ1v) is 11.6. The Hall–Kier alpha value is -3.71. The molecule has 2 saturated heterocycles. The molecule has 2 fully saturated rings. The van der Waals surface area contributed by atoms with Crippen LogP contribution in [0.25, 0.3) is 6.08 Å². The number of nitrogens with zero attached hydrogens (tertiary/aromatic N) is 2. The van der Waals surface area contributed by atoms with Gasteiger partial charge in [-0.3, -0.25) is 14.4 Å². The van der Waals surface area contributed by atoms with Gasteiger partial charge in [0.2, 0.25) is 11.8 Å². The van der Waals surface area contributed by atoms with E-state index in [1.54, 1.807) is 37.4 Å². The van der Waals surface area contributed by atoms with E-state index in [0.29, 0.717) is 16.3 Å². The lowest BCUT2D eigenvalue weighted by Crippen LogP contribution is -2.44. The molecular weight excluding hydrogens is 436 g/mol. The number of thiophene rings is 1. The van der Waals surface area contributed by atoms with Crippen LogP contribution in [0.1, 0.15) is 26.8 Å². The van der Waals surface area contributed by atoms with Crippen molar-refractivity contribution in [2.45, 2.75) is 12.1 Å². The van der Waals surface area contributed by atoms with Crippen molar-refractivity contribution < 1.29 is 19.1 Å². The average molecular weight is 457 g/mol. The van der Waals surface area contributed by atoms with Crippen LogP contribution >= 0.6 is 11.3 Å². The molecule has 0 aliphatic carbocycles. The summed E-state index contributed by atoms with van der Waals surface area (Å²) in [6.07, 6.45) is 3.83. The number of imide groups is 1. The van der Waals surface area contributed by atoms with Crippen molar-refractivity contribution in [3.63, 3.8) is 0 Å². The SMILES string of the molecule is COc1ccc(N2C(=O)[C@@H]3[C@H](C2=O)[C@@H]2c4ccccc4C=CN2[C@@H]3C(=O)c2cccs2)cc1. The third-order valence-corrected chi connectivity index (χ3v) is 7.71. The fourth-order valence-corrected chi connectivity index (χ4v) is 6.11. The number of fused-ring (bicyclic) bond motifs is 5. The van der Waals surface area contributed by atoms with Crippen LogP contribution in [0.4, 0.5) is 5.69 Å². The van der Waals surface area contributed by atoms with Crippen LogP contribution in [0.2, 0.25) is 0 Å². The molecule has 6 nitrogen and oxygen atoms in total. The number of benzene rings is 2. The van der Waals surface area contributed by atoms with Gasteiger partial charge in [-0.25, -0.2) is 4.90 Å². The monoisotopic (exact) mass is 456 g/mol. The lowest BCUT2D eigenvalue weighted by molar-refractivity contribution is -0.123. The van der Waals surface area contributed by atoms with Gasteiger partial charge in [0.25, 0.3) is 0 Å². The second kappa shape index (κ2) is 7.42. The van der Waals surface area contributed by atoms with Gasteiger partial charge in [-0.05, 0) is 52.9 Å². The van der Waals surface area contributed by atoms with E-state index in [9.17, 15) is 14.4 Å². The molecule has 0 spiro atoms. The Kier molecular flexibility index (Phi) is 4.48. The topological polar surface area (TPSA) is 66.9 Å². The first-order valence-electron chi connectivity index (χ1n) is 10.7. The molecule has 4 heterocycles. The number of hydrogen-bond donors (Lipinski definition) is 0. The van der Waals surface area contributed by atoms with Gasteiger partial charge in [-0.1, -0.05) is 30.3 Å². The van der Waals surface area contributed by atoms with Crippen LogP contribution in [-0.2, 0) is 9.59 Å². The Labute approximate surface area is 194 Å². The average Bonchev–Trinajstić information content (AvgIpc) is 3.55. The van der Waals surface area contributed by atoms with Crippen molar-refractivity contribution in [2.24, 2.45) is 11.8 Å². The highest BCUT2D eigenvalue weighted by Crippen LogP contribution is 2.53. The lowest BCUT2D eigenvalue weighted by atomic mass is 9.84. The zero-order valence-electron chi connectivity index (χ0n) is 17.8. The van der Waals surface area contributed by atoms with Gasteiger partial charge in [-0.2, -0.15) is 0 Å². The normalized spacial score (nSPS) is 25.1. The Morgan fingerprint density at radius 3 is 2.42 bits per heavy atom. The summed E-state index contributed by atoms with van der Waals surface area (Å²) in [5.41, 5.74) is 2.47. The van der Waals surface area contributed by atoms with E-state index < -0.39 is 17.9 Å². The van der Waals surface area contributed by atoms with Crippen molar-refractivity contribution in [3.8, 4) is 5.75 Å². The zero-order chi connectivity index (χ0) is 22.7. The number of amides is 2. The molecule has 4 atom stereocenters. The number of methoxy groups -OCH3 is 1. The molecule has 2 amide bonds. The quantitative estimate of drug-likeness (QED) is 0.436. The number of rotatable bonds is 4. The van der Waals surface area contributed by atoms with E-state index >= 15 is 0 Å². The molecule has 3 aliphatic heterocycles. The van der Waals surface area contributed by atoms with Crippen LogP contribution in [0.15, 0.2) is 72.2 Å². The summed E-state index contributed by atoms with van der Waals surface area (Å²) < 4.78 is 5.21. The van der Waals surface area contributed by atoms with Gasteiger partial charge >= 0.3 is 0 Å². The molecule has 3 aliphatic rings. The molecule has 0 unspecified atom stereocenters. The van der Waals surface area contributed by atoms with Crippen LogP contribution in [-0.4, -0.2) is 35.6 Å². The summed E-state index contributed by atoms with van der Waals surface area (Å²) in [7, 11) is 1.56. The second-order valence-corrected chi connectivity index (χ2v) is 9.33. The van der Waals surface area contributed by atoms with Crippen molar-refractivity contribution in [3.05, 3.63) is 88.2 Å². The Morgan fingerprint density at radius 1 is 0.939 bits per heavy atom. The first kappa shape index (κ1) is 19.9. The van der Waals surface area contributed by atoms with Crippen molar-refractivity contribution in [1.29, 1.82) is 0 Å². The summed E-state index contributed by atoms with van der Waals surface area (Å²) in [5.74, 6) is -1.47. The van der Waals surface area contributed by atoms with E-state index in [1.165, 1.54) is 16.2 Å². The standard InChI is InChI=1S/C26H20N2O4S/c1-32-17-10-8-16(9-11-17)28-25(30)20-21(26(28)31)23(24(29)19-7-4-14-33-19)27-13-12-15-5-2-3-6-18(15)22(20)27/h2-14,20-23H,1H3/t20-,21+,22-,23-/m0/s1. The lowest BCUT2D eigenvalue weighted by Gasteiger charge is -2.35. The number of anilines is 1. The van der Waals surface area contributed by atoms with E-state index in [4.69, 9.17) is 4.74 Å². The Bertz CT molecular complexity index is 1300. The van der Waals surface area contributed by atoms with E-state index in [-0.39, 0.29) is 23.6 Å². The Morgan fingerprint density at radius 2 is 1.70 bits per heavy atom. The number of Topliss-reactive ketones (excluding diaryl/α,β-unsaturated/α-hetero) is 1. The number of ketones is 1. The molecule has 164 valence electrons. The smallest absolute Gasteiger partial charge is 0.240 e. The largest absolute Gasteiger partial charge is 0.497 e. The summed E-state index contributed by atoms with van der Waals surface area (Å²) in [6, 6.07) is 17.2. The molecule has 2 aromatic carbocycles. The van der Waals surface area contributed by atoms with Crippen molar-refractivity contribution in [1.82, 2.24) is 4.90 Å². The molecule has 33 heavy (non-hydrogen) atoms. The maximum absolute atomic E-state index is 13.8. The van der Waals surface area contributed by atoms with Gasteiger partial charge in [0.15, 0.2) is 5.78 Å². The molecule has 0 saturated carbocycles. The molecule has 7 heteroatoms. The summed E-state index contributed by atoms with van der Waals surface area (Å²) in [5, 5.41) is 1.85. The van der Waals surface area contributed by atoms with Gasteiger partial charge in [0, 0.05) is 6.20 Å². The molecule has 0 radical (unpaired) electrons. The van der Waals surface area contributed by atoms with Gasteiger partial charge in [0.1, 0.15) is 11.8 Å². The summed E-state index contributed by atoms with van der Waals surface area (Å²) >= 11 is 1.36. The first-order chi connectivity index (χ1) is 16.1. The van der Waals surface area contributed by atoms with Crippen LogP contribution in [0.3, 0.4) is 0 Å². The minimum Gasteiger partial charge on any atom is -0.497 e. The van der Waals surface area contributed by atoms with Crippen LogP contribution in [0, 0.1) is 11.8 Å². The minimum atomic E-state index is -0.755. The molecular formula is C26H20N2O4S. The van der Waals surface area contributed by atoms with Crippen molar-refractivity contribution in [2.75, 3.05) is 12.0 Å². The highest BCUT2D eigenvalue weighted by Gasteiger charge is 2.64. The number of ether oxygens (including phenoxy) is 1. The van der Waals surface area contributed by atoms with E-state index in [0.717, 1.165) is 11.1 Å². The predicted molar refractivity (Wildman–Crippen MR) is 125 cm³/mol. The second-order valence-electron chi connectivity index (χ2n) is 8.38. The highest BCUT2D eigenvalue weighted by atomic mass is 32.1. The third kappa shape index (κ3) is 2.82. The highest BCUT2D eigenvalue weighted by molar-refractivity contribution is 7.12. The molecule has 3 aromatic rings. The molecule has 6 rings (SSSR count). The molecule has 0 bridgehead atoms. The molecule has 0 N–H and O–H groups in total. The Balaban J connectivity index is 1.48. The van der Waals surface area contributed by atoms with Gasteiger partial charge in [0.05, 0.1) is 35.6 Å². The van der Waals surface area contributed by atoms with E-state index in [2.05, 4.69) is 0 Å². The number of hydrogen-bond acceptors (Lipinski definition) is 6. The van der Waals surface area contributed by atoms with Crippen LogP contribution in [0.5, 0.6) is 5.75 Å². The fourth-order valence-electron chi connectivity index (χ4n) is 5.41. The summed E-state index contributed by atoms with van der Waals surface area (Å²) in [4.78, 5) is 45.0. The zero-order valence-corrected chi connectivity index (χ0v) is 18.6. The number of carbonyl (C=O) groups is 3. The predicted octanol–water partition coefficient (Wildman–Crippen LogP) is 4.16. The maximum atomic E-state index is 13.8. The fraction of sp³-hybridized carbons (Fsp3) is 0.192. The van der Waals surface area contributed by atoms with E-state index in [1.807, 2.05) is 52.9 Å². The number of carbonyl (C=O) groups excluding carboxylic acids is 3. The van der Waals surface area contributed by atoms with Crippen LogP contribution < -0.4 is 9.64 Å². The van der Waals surface area contributed by atoms with Gasteiger partial charge < -0.3 is 9.64 Å². The van der Waals surface area contributed by atoms with Crippen molar-refractivity contribution >= 4 is 40.7 Å². The summed E-state index contributed by atoms with van der Waals surface area (Å²) in [6.45, 7) is 0. The maximum Gasteiger partial charge on any atom is 0.240 e. The molecule has 1 aromatic heterocycles. The minimum absolute atomic E-state index is 0.121.